The average Bonchev–Trinajstić information content (AvgIpc) is 2.31. The van der Waals surface area contributed by atoms with Crippen molar-refractivity contribution in [2.24, 2.45) is 0 Å². The van der Waals surface area contributed by atoms with E-state index >= 15 is 0 Å². The summed E-state index contributed by atoms with van der Waals surface area (Å²) in [5.74, 6) is -0.330. The summed E-state index contributed by atoms with van der Waals surface area (Å²) in [4.78, 5) is 21.8. The van der Waals surface area contributed by atoms with Gasteiger partial charge < -0.3 is 10.6 Å². The number of nitrogens with one attached hydrogen (secondary N) is 2. The van der Waals surface area contributed by atoms with Crippen molar-refractivity contribution in [3.8, 4) is 0 Å². The number of aryl methyl sites for hydroxylation is 1. The van der Waals surface area contributed by atoms with Gasteiger partial charge in [0, 0.05) is 12.6 Å². The Morgan fingerprint density at radius 2 is 2.28 bits per heavy atom. The molecule has 0 aromatic heterocycles. The Labute approximate surface area is 105 Å². The molecule has 0 aliphatic heterocycles. The molecule has 0 fully saturated rings. The third-order valence-electron chi connectivity index (χ3n) is 2.20. The van der Waals surface area contributed by atoms with Crippen LogP contribution in [0.4, 0.5) is 11.4 Å². The largest absolute Gasteiger partial charge is 0.319 e. The minimum atomic E-state index is -0.514. The maximum Gasteiger partial charge on any atom is 0.293 e. The van der Waals surface area contributed by atoms with Gasteiger partial charge in [-0.15, -0.1) is 6.58 Å². The zero-order valence-electron chi connectivity index (χ0n) is 10.1. The number of nitro groups is 1. The first kappa shape index (κ1) is 13.9. The van der Waals surface area contributed by atoms with Gasteiger partial charge in [-0.3, -0.25) is 14.9 Å². The molecule has 6 nitrogen and oxygen atoms in total. The molecular formula is C12H15N3O3. The lowest BCUT2D eigenvalue weighted by atomic mass is 10.2. The second-order valence-electron chi connectivity index (χ2n) is 3.75. The lowest BCUT2D eigenvalue weighted by Crippen LogP contribution is -2.28. The summed E-state index contributed by atoms with van der Waals surface area (Å²) in [5, 5.41) is 16.2. The fourth-order valence-electron chi connectivity index (χ4n) is 1.38. The van der Waals surface area contributed by atoms with Crippen LogP contribution in [0.1, 0.15) is 5.56 Å². The van der Waals surface area contributed by atoms with E-state index < -0.39 is 4.92 Å². The van der Waals surface area contributed by atoms with E-state index in [1.165, 1.54) is 12.1 Å². The van der Waals surface area contributed by atoms with E-state index in [9.17, 15) is 14.9 Å². The Kier molecular flexibility index (Phi) is 5.01. The SMILES string of the molecule is C=CCNCC(=O)Nc1ccc(C)cc1[N+](=O)[O-]. The normalized spacial score (nSPS) is 9.83. The summed E-state index contributed by atoms with van der Waals surface area (Å²) < 4.78 is 0. The van der Waals surface area contributed by atoms with Crippen LogP contribution in [-0.2, 0) is 4.79 Å². The molecule has 0 spiro atoms. The minimum Gasteiger partial charge on any atom is -0.319 e. The van der Waals surface area contributed by atoms with Crippen LogP contribution in [0.2, 0.25) is 0 Å². The first-order valence-corrected chi connectivity index (χ1v) is 5.41. The first-order valence-electron chi connectivity index (χ1n) is 5.41. The molecule has 1 amide bonds. The molecule has 0 atom stereocenters. The highest BCUT2D eigenvalue weighted by Gasteiger charge is 2.15. The first-order chi connectivity index (χ1) is 8.54. The number of anilines is 1. The van der Waals surface area contributed by atoms with E-state index in [1.54, 1.807) is 19.1 Å². The van der Waals surface area contributed by atoms with Gasteiger partial charge in [0.25, 0.3) is 5.69 Å². The number of benzene rings is 1. The molecule has 0 heterocycles. The molecule has 0 unspecified atom stereocenters. The van der Waals surface area contributed by atoms with Crippen LogP contribution in [0, 0.1) is 17.0 Å². The second kappa shape index (κ2) is 6.51. The number of hydrogen-bond acceptors (Lipinski definition) is 4. The van der Waals surface area contributed by atoms with Crippen molar-refractivity contribution < 1.29 is 9.72 Å². The summed E-state index contributed by atoms with van der Waals surface area (Å²) >= 11 is 0. The van der Waals surface area contributed by atoms with Gasteiger partial charge in [0.15, 0.2) is 0 Å². The van der Waals surface area contributed by atoms with Crippen molar-refractivity contribution in [3.05, 3.63) is 46.5 Å². The third kappa shape index (κ3) is 3.99. The molecule has 2 N–H and O–H groups in total. The lowest BCUT2D eigenvalue weighted by Gasteiger charge is -2.06. The fourth-order valence-corrected chi connectivity index (χ4v) is 1.38. The minimum absolute atomic E-state index is 0.0804. The molecule has 0 bridgehead atoms. The molecular weight excluding hydrogens is 234 g/mol. The van der Waals surface area contributed by atoms with Gasteiger partial charge in [0.2, 0.25) is 5.91 Å². The van der Waals surface area contributed by atoms with Crippen LogP contribution in [0.25, 0.3) is 0 Å². The molecule has 1 rings (SSSR count). The standard InChI is InChI=1S/C12H15N3O3/c1-3-6-13-8-12(16)14-10-5-4-9(2)7-11(10)15(17)18/h3-5,7,13H,1,6,8H2,2H3,(H,14,16). The van der Waals surface area contributed by atoms with Gasteiger partial charge in [-0.25, -0.2) is 0 Å². The number of amides is 1. The van der Waals surface area contributed by atoms with Crippen LogP contribution in [0.5, 0.6) is 0 Å². The number of carbonyl (C=O) groups excluding carboxylic acids is 1. The molecule has 0 radical (unpaired) electrons. The second-order valence-corrected chi connectivity index (χ2v) is 3.75. The Bertz CT molecular complexity index is 472. The Morgan fingerprint density at radius 3 is 2.89 bits per heavy atom. The van der Waals surface area contributed by atoms with Crippen LogP contribution < -0.4 is 10.6 Å². The van der Waals surface area contributed by atoms with E-state index in [4.69, 9.17) is 0 Å². The van der Waals surface area contributed by atoms with Crippen molar-refractivity contribution in [1.82, 2.24) is 5.32 Å². The van der Waals surface area contributed by atoms with Crippen molar-refractivity contribution in [2.45, 2.75) is 6.92 Å². The smallest absolute Gasteiger partial charge is 0.293 e. The van der Waals surface area contributed by atoms with Crippen LogP contribution in [-0.4, -0.2) is 23.9 Å². The summed E-state index contributed by atoms with van der Waals surface area (Å²) in [5.41, 5.74) is 0.868. The molecule has 0 saturated heterocycles. The fraction of sp³-hybridized carbons (Fsp3) is 0.250. The Hall–Kier alpha value is -2.21. The van der Waals surface area contributed by atoms with Crippen LogP contribution in [0.15, 0.2) is 30.9 Å². The molecule has 0 aliphatic carbocycles. The maximum absolute atomic E-state index is 11.5. The van der Waals surface area contributed by atoms with Gasteiger partial charge in [-0.2, -0.15) is 0 Å². The summed E-state index contributed by atoms with van der Waals surface area (Å²) in [6.07, 6.45) is 1.63. The molecule has 6 heteroatoms. The summed E-state index contributed by atoms with van der Waals surface area (Å²) in [6.45, 7) is 5.84. The summed E-state index contributed by atoms with van der Waals surface area (Å²) in [6, 6.07) is 4.66. The molecule has 96 valence electrons. The van der Waals surface area contributed by atoms with E-state index in [2.05, 4.69) is 17.2 Å². The number of hydrogen-bond donors (Lipinski definition) is 2. The highest BCUT2D eigenvalue weighted by atomic mass is 16.6. The van der Waals surface area contributed by atoms with Crippen molar-refractivity contribution in [3.63, 3.8) is 0 Å². The van der Waals surface area contributed by atoms with Crippen LogP contribution in [0.3, 0.4) is 0 Å². The number of nitrogens with zero attached hydrogens (tertiary/aromatic N) is 1. The highest BCUT2D eigenvalue weighted by Crippen LogP contribution is 2.24. The monoisotopic (exact) mass is 249 g/mol. The number of carbonyl (C=O) groups is 1. The van der Waals surface area contributed by atoms with Crippen LogP contribution >= 0.6 is 0 Å². The average molecular weight is 249 g/mol. The van der Waals surface area contributed by atoms with E-state index in [0.29, 0.717) is 6.54 Å². The highest BCUT2D eigenvalue weighted by molar-refractivity contribution is 5.94. The molecule has 1 aromatic carbocycles. The predicted octanol–water partition coefficient (Wildman–Crippen LogP) is 1.62. The van der Waals surface area contributed by atoms with Gasteiger partial charge in [-0.05, 0) is 18.6 Å². The quantitative estimate of drug-likeness (QED) is 0.347. The Morgan fingerprint density at radius 1 is 1.56 bits per heavy atom. The molecule has 18 heavy (non-hydrogen) atoms. The van der Waals surface area contributed by atoms with Crippen molar-refractivity contribution in [2.75, 3.05) is 18.4 Å². The zero-order chi connectivity index (χ0) is 13.5. The molecule has 1 aromatic rings. The summed E-state index contributed by atoms with van der Waals surface area (Å²) in [7, 11) is 0. The van der Waals surface area contributed by atoms with Crippen molar-refractivity contribution >= 4 is 17.3 Å². The van der Waals surface area contributed by atoms with E-state index in [-0.39, 0.29) is 23.8 Å². The lowest BCUT2D eigenvalue weighted by molar-refractivity contribution is -0.384. The number of rotatable bonds is 6. The predicted molar refractivity (Wildman–Crippen MR) is 69.5 cm³/mol. The third-order valence-corrected chi connectivity index (χ3v) is 2.20. The molecule has 0 aliphatic rings. The number of nitro benzene ring substituents is 1. The Balaban J connectivity index is 2.74. The van der Waals surface area contributed by atoms with Gasteiger partial charge in [0.1, 0.15) is 5.69 Å². The zero-order valence-corrected chi connectivity index (χ0v) is 10.1. The maximum atomic E-state index is 11.5. The van der Waals surface area contributed by atoms with E-state index in [1.807, 2.05) is 0 Å². The van der Waals surface area contributed by atoms with Crippen molar-refractivity contribution in [1.29, 1.82) is 0 Å². The van der Waals surface area contributed by atoms with E-state index in [0.717, 1.165) is 5.56 Å². The topological polar surface area (TPSA) is 84.3 Å². The van der Waals surface area contributed by atoms with Gasteiger partial charge in [0.05, 0.1) is 11.5 Å². The van der Waals surface area contributed by atoms with Gasteiger partial charge >= 0.3 is 0 Å². The molecule has 0 saturated carbocycles. The van der Waals surface area contributed by atoms with Gasteiger partial charge in [-0.1, -0.05) is 12.1 Å².